The lowest BCUT2D eigenvalue weighted by Gasteiger charge is -2.25. The molecule has 0 saturated carbocycles. The third kappa shape index (κ3) is 4.97. The van der Waals surface area contributed by atoms with E-state index < -0.39 is 0 Å². The molecule has 2 aliphatic carbocycles. The first-order valence-electron chi connectivity index (χ1n) is 23.0. The van der Waals surface area contributed by atoms with Crippen LogP contribution in [-0.4, -0.2) is 0 Å². The zero-order valence-electron chi connectivity index (χ0n) is 36.9. The van der Waals surface area contributed by atoms with Crippen LogP contribution < -0.4 is 0 Å². The van der Waals surface area contributed by atoms with Crippen molar-refractivity contribution in [1.29, 1.82) is 0 Å². The maximum absolute atomic E-state index is 2.51. The minimum Gasteiger partial charge on any atom is -0.135 e. The van der Waals surface area contributed by atoms with E-state index in [0.29, 0.717) is 0 Å². The van der Waals surface area contributed by atoms with E-state index in [2.05, 4.69) is 222 Å². The molecule has 0 unspecified atom stereocenters. The van der Waals surface area contributed by atoms with Crippen LogP contribution in [0.25, 0.3) is 119 Å². The number of thiophene rings is 1. The summed E-state index contributed by atoms with van der Waals surface area (Å²) in [5, 5.41) is 13.1. The molecule has 12 aromatic rings. The van der Waals surface area contributed by atoms with Gasteiger partial charge in [-0.05, 0) is 139 Å². The molecule has 0 saturated heterocycles. The fourth-order valence-electron chi connectivity index (χ4n) is 12.5. The van der Waals surface area contributed by atoms with Crippen molar-refractivity contribution in [2.75, 3.05) is 0 Å². The summed E-state index contributed by atoms with van der Waals surface area (Å²) in [7, 11) is 0. The number of hydrogen-bond donors (Lipinski definition) is 0. The summed E-state index contributed by atoms with van der Waals surface area (Å²) in [6, 6.07) is 73.6. The van der Waals surface area contributed by atoms with Gasteiger partial charge in [0.25, 0.3) is 0 Å². The molecule has 11 aromatic carbocycles. The normalized spacial score (nSPS) is 14.4. The summed E-state index contributed by atoms with van der Waals surface area (Å²) in [6.45, 7) is 9.71. The molecule has 0 nitrogen and oxygen atoms in total. The van der Waals surface area contributed by atoms with Crippen LogP contribution in [-0.2, 0) is 10.8 Å². The minimum atomic E-state index is -0.169. The van der Waals surface area contributed by atoms with Crippen LogP contribution in [0, 0.1) is 0 Å². The fraction of sp³-hybridized carbons (Fsp3) is 0.0938. The molecule has 306 valence electrons. The Morgan fingerprint density at radius 1 is 0.323 bits per heavy atom. The van der Waals surface area contributed by atoms with Gasteiger partial charge in [-0.25, -0.2) is 0 Å². The predicted molar refractivity (Wildman–Crippen MR) is 281 cm³/mol. The second kappa shape index (κ2) is 13.1. The van der Waals surface area contributed by atoms with Crippen molar-refractivity contribution in [3.63, 3.8) is 0 Å². The van der Waals surface area contributed by atoms with Gasteiger partial charge in [-0.3, -0.25) is 0 Å². The van der Waals surface area contributed by atoms with Gasteiger partial charge in [-0.1, -0.05) is 204 Å². The summed E-state index contributed by atoms with van der Waals surface area (Å²) >= 11 is 1.94. The van der Waals surface area contributed by atoms with E-state index in [9.17, 15) is 0 Å². The van der Waals surface area contributed by atoms with Crippen molar-refractivity contribution < 1.29 is 0 Å². The van der Waals surface area contributed by atoms with E-state index in [1.54, 1.807) is 0 Å². The second-order valence-corrected chi connectivity index (χ2v) is 20.5. The Balaban J connectivity index is 0.930. The monoisotopic (exact) mass is 844 g/mol. The first-order chi connectivity index (χ1) is 31.8. The summed E-state index contributed by atoms with van der Waals surface area (Å²) < 4.78 is 2.75. The lowest BCUT2D eigenvalue weighted by Crippen LogP contribution is -2.16. The largest absolute Gasteiger partial charge is 0.135 e. The highest BCUT2D eigenvalue weighted by atomic mass is 32.1. The zero-order chi connectivity index (χ0) is 43.3. The Bertz CT molecular complexity index is 4000. The van der Waals surface area contributed by atoms with Gasteiger partial charge < -0.3 is 0 Å². The molecule has 0 amide bonds. The van der Waals surface area contributed by atoms with Crippen LogP contribution in [0.4, 0.5) is 0 Å². The molecule has 65 heavy (non-hydrogen) atoms. The van der Waals surface area contributed by atoms with Crippen LogP contribution in [0.5, 0.6) is 0 Å². The van der Waals surface area contributed by atoms with Crippen LogP contribution in [0.3, 0.4) is 0 Å². The van der Waals surface area contributed by atoms with Gasteiger partial charge >= 0.3 is 0 Å². The van der Waals surface area contributed by atoms with Crippen LogP contribution >= 0.6 is 11.3 Å². The van der Waals surface area contributed by atoms with Gasteiger partial charge in [0.1, 0.15) is 0 Å². The standard InChI is InChI=1S/C64H44S/c1-63(2)53-32-29-39(42-24-14-26-50-59-54(64(3,4)61(42)50)33-34-56-60(59)51-31-27-38-16-6-8-19-43(38)62(51)65-56)35-52(53)44-30-28-40(36-55(44)63)57-46-20-9-11-22-48(46)58(49-23-12-10-21-47(49)57)45-25-13-17-37-15-5-7-18-41(37)45/h5-36H,1-4H3. The molecule has 2 aliphatic rings. The first-order valence-corrected chi connectivity index (χ1v) is 23.8. The van der Waals surface area contributed by atoms with Crippen LogP contribution in [0.1, 0.15) is 49.9 Å². The third-order valence-electron chi connectivity index (χ3n) is 15.4. The Hall–Kier alpha value is -7.32. The van der Waals surface area contributed by atoms with E-state index in [1.165, 1.54) is 141 Å². The molecule has 0 radical (unpaired) electrons. The summed E-state index contributed by atoms with van der Waals surface area (Å²) in [6.07, 6.45) is 0. The van der Waals surface area contributed by atoms with Crippen molar-refractivity contribution in [2.24, 2.45) is 0 Å². The molecular formula is C64H44S. The van der Waals surface area contributed by atoms with E-state index in [1.807, 2.05) is 11.3 Å². The van der Waals surface area contributed by atoms with Gasteiger partial charge in [0.2, 0.25) is 0 Å². The zero-order valence-corrected chi connectivity index (χ0v) is 37.7. The topological polar surface area (TPSA) is 0 Å². The SMILES string of the molecule is CC1(C)c2ccc(-c3cccc4c3C(C)(C)c3ccc5sc6c7ccccc7ccc6c5c3-4)cc2-c2ccc(-c3c4ccccc4c(-c4cccc5ccccc45)c4ccccc34)cc21. The summed E-state index contributed by atoms with van der Waals surface area (Å²) in [4.78, 5) is 0. The smallest absolute Gasteiger partial charge is 0.0434 e. The number of fused-ring (bicyclic) bond motifs is 15. The van der Waals surface area contributed by atoms with E-state index in [4.69, 9.17) is 0 Å². The molecule has 0 N–H and O–H groups in total. The van der Waals surface area contributed by atoms with Crippen molar-refractivity contribution in [1.82, 2.24) is 0 Å². The third-order valence-corrected chi connectivity index (χ3v) is 16.6. The number of hydrogen-bond acceptors (Lipinski definition) is 1. The molecule has 0 aliphatic heterocycles. The number of rotatable bonds is 3. The Labute approximate surface area is 383 Å². The molecule has 0 fully saturated rings. The highest BCUT2D eigenvalue weighted by Gasteiger charge is 2.40. The van der Waals surface area contributed by atoms with Crippen molar-refractivity contribution in [3.05, 3.63) is 216 Å². The van der Waals surface area contributed by atoms with Crippen LogP contribution in [0.15, 0.2) is 194 Å². The Morgan fingerprint density at radius 2 is 0.908 bits per heavy atom. The highest BCUT2D eigenvalue weighted by Crippen LogP contribution is 2.58. The second-order valence-electron chi connectivity index (χ2n) is 19.5. The lowest BCUT2D eigenvalue weighted by atomic mass is 9.78. The van der Waals surface area contributed by atoms with E-state index in [-0.39, 0.29) is 10.8 Å². The van der Waals surface area contributed by atoms with Gasteiger partial charge in [-0.15, -0.1) is 11.3 Å². The fourth-order valence-corrected chi connectivity index (χ4v) is 13.7. The molecule has 1 heteroatoms. The van der Waals surface area contributed by atoms with E-state index >= 15 is 0 Å². The Morgan fingerprint density at radius 3 is 1.66 bits per heavy atom. The molecular weight excluding hydrogens is 801 g/mol. The quantitative estimate of drug-likeness (QED) is 0.155. The lowest BCUT2D eigenvalue weighted by molar-refractivity contribution is 0.660. The Kier molecular flexibility index (Phi) is 7.49. The van der Waals surface area contributed by atoms with Gasteiger partial charge in [0.05, 0.1) is 0 Å². The van der Waals surface area contributed by atoms with Gasteiger partial charge in [0, 0.05) is 31.0 Å². The molecule has 0 spiro atoms. The van der Waals surface area contributed by atoms with Crippen molar-refractivity contribution in [3.8, 4) is 55.6 Å². The van der Waals surface area contributed by atoms with Crippen molar-refractivity contribution >= 4 is 74.6 Å². The maximum Gasteiger partial charge on any atom is 0.0434 e. The molecule has 0 bridgehead atoms. The van der Waals surface area contributed by atoms with Gasteiger partial charge in [0.15, 0.2) is 0 Å². The average Bonchev–Trinajstić information content (AvgIpc) is 3.92. The van der Waals surface area contributed by atoms with Crippen molar-refractivity contribution in [2.45, 2.75) is 38.5 Å². The first kappa shape index (κ1) is 37.1. The van der Waals surface area contributed by atoms with Gasteiger partial charge in [-0.2, -0.15) is 0 Å². The van der Waals surface area contributed by atoms with Crippen LogP contribution in [0.2, 0.25) is 0 Å². The molecule has 14 rings (SSSR count). The highest BCUT2D eigenvalue weighted by molar-refractivity contribution is 7.26. The maximum atomic E-state index is 2.51. The predicted octanol–water partition coefficient (Wildman–Crippen LogP) is 18.3. The minimum absolute atomic E-state index is 0.166. The summed E-state index contributed by atoms with van der Waals surface area (Å²) in [5.41, 5.74) is 18.5. The average molecular weight is 845 g/mol. The number of benzene rings is 11. The summed E-state index contributed by atoms with van der Waals surface area (Å²) in [5.74, 6) is 0. The molecule has 0 atom stereocenters. The molecule has 1 heterocycles. The van der Waals surface area contributed by atoms with E-state index in [0.717, 1.165) is 0 Å². The molecule has 1 aromatic heterocycles.